The highest BCUT2D eigenvalue weighted by molar-refractivity contribution is 9.11. The minimum atomic E-state index is 0.778. The SMILES string of the molecule is CCCCCCCCCCOc1ncc(Br)s1. The lowest BCUT2D eigenvalue weighted by Crippen LogP contribution is -1.96. The number of halogens is 1. The van der Waals surface area contributed by atoms with Crippen molar-refractivity contribution in [2.75, 3.05) is 6.61 Å². The second kappa shape index (κ2) is 9.89. The van der Waals surface area contributed by atoms with Crippen molar-refractivity contribution in [3.63, 3.8) is 0 Å². The van der Waals surface area contributed by atoms with Gasteiger partial charge in [-0.1, -0.05) is 63.2 Å². The van der Waals surface area contributed by atoms with Crippen LogP contribution in [0.5, 0.6) is 5.19 Å². The molecule has 1 aromatic heterocycles. The van der Waals surface area contributed by atoms with Crippen molar-refractivity contribution >= 4 is 27.3 Å². The Morgan fingerprint density at radius 2 is 1.76 bits per heavy atom. The maximum Gasteiger partial charge on any atom is 0.274 e. The van der Waals surface area contributed by atoms with E-state index >= 15 is 0 Å². The van der Waals surface area contributed by atoms with Gasteiger partial charge in [0.2, 0.25) is 0 Å². The lowest BCUT2D eigenvalue weighted by molar-refractivity contribution is 0.303. The highest BCUT2D eigenvalue weighted by Crippen LogP contribution is 2.25. The molecule has 1 aromatic rings. The summed E-state index contributed by atoms with van der Waals surface area (Å²) in [7, 11) is 0. The Balaban J connectivity index is 1.84. The summed E-state index contributed by atoms with van der Waals surface area (Å²) in [6.07, 6.45) is 12.4. The van der Waals surface area contributed by atoms with E-state index in [4.69, 9.17) is 4.74 Å². The van der Waals surface area contributed by atoms with E-state index in [2.05, 4.69) is 27.8 Å². The molecule has 0 aliphatic rings. The molecule has 17 heavy (non-hydrogen) atoms. The normalized spacial score (nSPS) is 10.7. The Labute approximate surface area is 117 Å². The lowest BCUT2D eigenvalue weighted by atomic mass is 10.1. The standard InChI is InChI=1S/C13H22BrNOS/c1-2-3-4-5-6-7-8-9-10-16-13-15-11-12(14)17-13/h11H,2-10H2,1H3. The van der Waals surface area contributed by atoms with Crippen molar-refractivity contribution in [2.24, 2.45) is 0 Å². The number of unbranched alkanes of at least 4 members (excludes halogenated alkanes) is 7. The van der Waals surface area contributed by atoms with Gasteiger partial charge in [0.25, 0.3) is 5.19 Å². The largest absolute Gasteiger partial charge is 0.470 e. The second-order valence-corrected chi connectivity index (χ2v) is 6.63. The zero-order valence-electron chi connectivity index (χ0n) is 10.6. The van der Waals surface area contributed by atoms with E-state index in [0.29, 0.717) is 0 Å². The average molecular weight is 320 g/mol. The van der Waals surface area contributed by atoms with Gasteiger partial charge in [-0.2, -0.15) is 0 Å². The number of thiazole rings is 1. The van der Waals surface area contributed by atoms with Gasteiger partial charge >= 0.3 is 0 Å². The monoisotopic (exact) mass is 319 g/mol. The van der Waals surface area contributed by atoms with Crippen molar-refractivity contribution in [1.82, 2.24) is 4.98 Å². The molecule has 0 radical (unpaired) electrons. The Bertz CT molecular complexity index is 291. The molecule has 0 atom stereocenters. The summed E-state index contributed by atoms with van der Waals surface area (Å²) in [6, 6.07) is 0. The van der Waals surface area contributed by atoms with E-state index in [1.54, 1.807) is 17.5 Å². The number of ether oxygens (including phenoxy) is 1. The zero-order chi connectivity index (χ0) is 12.3. The molecule has 0 saturated carbocycles. The Kier molecular flexibility index (Phi) is 8.71. The first-order valence-electron chi connectivity index (χ1n) is 6.57. The summed E-state index contributed by atoms with van der Waals surface area (Å²) in [5.74, 6) is 0. The molecule has 0 aliphatic carbocycles. The zero-order valence-corrected chi connectivity index (χ0v) is 13.0. The van der Waals surface area contributed by atoms with Crippen LogP contribution < -0.4 is 4.74 Å². The summed E-state index contributed by atoms with van der Waals surface area (Å²) < 4.78 is 6.58. The lowest BCUT2D eigenvalue weighted by Gasteiger charge is -2.02. The van der Waals surface area contributed by atoms with Crippen LogP contribution >= 0.6 is 27.3 Å². The molecule has 2 nitrogen and oxygen atoms in total. The van der Waals surface area contributed by atoms with Crippen LogP contribution in [-0.4, -0.2) is 11.6 Å². The maximum atomic E-state index is 5.55. The molecule has 0 saturated heterocycles. The van der Waals surface area contributed by atoms with Crippen molar-refractivity contribution in [1.29, 1.82) is 0 Å². The van der Waals surface area contributed by atoms with Crippen molar-refractivity contribution < 1.29 is 4.74 Å². The molecular weight excluding hydrogens is 298 g/mol. The number of aromatic nitrogens is 1. The molecule has 98 valence electrons. The molecular formula is C13H22BrNOS. The average Bonchev–Trinajstić information content (AvgIpc) is 2.73. The molecule has 0 aromatic carbocycles. The summed E-state index contributed by atoms with van der Waals surface area (Å²) in [6.45, 7) is 3.06. The Morgan fingerprint density at radius 3 is 2.35 bits per heavy atom. The molecule has 0 N–H and O–H groups in total. The first kappa shape index (κ1) is 15.0. The molecule has 0 aliphatic heterocycles. The van der Waals surface area contributed by atoms with Crippen LogP contribution in [0.1, 0.15) is 58.3 Å². The molecule has 0 unspecified atom stereocenters. The molecule has 0 bridgehead atoms. The number of hydrogen-bond donors (Lipinski definition) is 0. The van der Waals surface area contributed by atoms with E-state index in [1.165, 1.54) is 44.9 Å². The number of nitrogens with zero attached hydrogens (tertiary/aromatic N) is 1. The molecule has 0 fully saturated rings. The van der Waals surface area contributed by atoms with E-state index in [1.807, 2.05) is 0 Å². The third-order valence-electron chi connectivity index (χ3n) is 2.68. The van der Waals surface area contributed by atoms with Gasteiger partial charge in [-0.25, -0.2) is 4.98 Å². The van der Waals surface area contributed by atoms with Gasteiger partial charge in [0.1, 0.15) is 0 Å². The second-order valence-electron chi connectivity index (χ2n) is 4.25. The summed E-state index contributed by atoms with van der Waals surface area (Å²) in [4.78, 5) is 4.13. The fourth-order valence-electron chi connectivity index (χ4n) is 1.70. The Morgan fingerprint density at radius 1 is 1.12 bits per heavy atom. The molecule has 0 spiro atoms. The maximum absolute atomic E-state index is 5.55. The third-order valence-corrected chi connectivity index (χ3v) is 4.07. The fraction of sp³-hybridized carbons (Fsp3) is 0.769. The van der Waals surface area contributed by atoms with Gasteiger partial charge in [-0.3, -0.25) is 0 Å². The van der Waals surface area contributed by atoms with Crippen molar-refractivity contribution in [2.45, 2.75) is 58.3 Å². The number of hydrogen-bond acceptors (Lipinski definition) is 3. The topological polar surface area (TPSA) is 22.1 Å². The van der Waals surface area contributed by atoms with Gasteiger partial charge in [-0.15, -0.1) is 0 Å². The van der Waals surface area contributed by atoms with Crippen LogP contribution in [0.2, 0.25) is 0 Å². The predicted molar refractivity (Wildman–Crippen MR) is 77.9 cm³/mol. The van der Waals surface area contributed by atoms with Crippen LogP contribution in [0.25, 0.3) is 0 Å². The fourth-order valence-corrected chi connectivity index (χ4v) is 2.74. The van der Waals surface area contributed by atoms with Crippen LogP contribution in [-0.2, 0) is 0 Å². The van der Waals surface area contributed by atoms with Gasteiger partial charge in [0, 0.05) is 0 Å². The van der Waals surface area contributed by atoms with Crippen molar-refractivity contribution in [3.8, 4) is 5.19 Å². The molecule has 0 amide bonds. The molecule has 1 heterocycles. The van der Waals surface area contributed by atoms with Crippen LogP contribution in [0, 0.1) is 0 Å². The van der Waals surface area contributed by atoms with Gasteiger partial charge in [0.15, 0.2) is 0 Å². The highest BCUT2D eigenvalue weighted by Gasteiger charge is 1.99. The van der Waals surface area contributed by atoms with E-state index in [0.717, 1.165) is 22.0 Å². The molecule has 4 heteroatoms. The predicted octanol–water partition coefficient (Wildman–Crippen LogP) is 5.43. The minimum absolute atomic E-state index is 0.778. The van der Waals surface area contributed by atoms with E-state index in [9.17, 15) is 0 Å². The first-order chi connectivity index (χ1) is 8.33. The van der Waals surface area contributed by atoms with E-state index < -0.39 is 0 Å². The first-order valence-corrected chi connectivity index (χ1v) is 8.18. The smallest absolute Gasteiger partial charge is 0.274 e. The quantitative estimate of drug-likeness (QED) is 0.537. The minimum Gasteiger partial charge on any atom is -0.470 e. The summed E-state index contributed by atoms with van der Waals surface area (Å²) in [5, 5.41) is 0.778. The van der Waals surface area contributed by atoms with Crippen LogP contribution in [0.4, 0.5) is 0 Å². The number of rotatable bonds is 10. The summed E-state index contributed by atoms with van der Waals surface area (Å²) >= 11 is 4.92. The van der Waals surface area contributed by atoms with E-state index in [-0.39, 0.29) is 0 Å². The van der Waals surface area contributed by atoms with Gasteiger partial charge in [-0.05, 0) is 22.4 Å². The molecule has 1 rings (SSSR count). The van der Waals surface area contributed by atoms with Crippen LogP contribution in [0.3, 0.4) is 0 Å². The van der Waals surface area contributed by atoms with Crippen molar-refractivity contribution in [3.05, 3.63) is 9.98 Å². The Hall–Kier alpha value is -0.0900. The highest BCUT2D eigenvalue weighted by atomic mass is 79.9. The van der Waals surface area contributed by atoms with Gasteiger partial charge in [0.05, 0.1) is 16.6 Å². The summed E-state index contributed by atoms with van der Waals surface area (Å²) in [5.41, 5.74) is 0. The van der Waals surface area contributed by atoms with Crippen LogP contribution in [0.15, 0.2) is 9.98 Å². The third kappa shape index (κ3) is 7.77. The van der Waals surface area contributed by atoms with Gasteiger partial charge < -0.3 is 4.74 Å².